The second-order valence-corrected chi connectivity index (χ2v) is 5.27. The van der Waals surface area contributed by atoms with E-state index in [0.717, 1.165) is 12.1 Å². The molecule has 2 heterocycles. The van der Waals surface area contributed by atoms with Crippen molar-refractivity contribution >= 4 is 23.2 Å². The molecule has 0 aliphatic rings. The maximum absolute atomic E-state index is 12.9. The zero-order valence-corrected chi connectivity index (χ0v) is 13.1. The van der Waals surface area contributed by atoms with Gasteiger partial charge < -0.3 is 5.32 Å². The molecule has 1 aromatic carbocycles. The molecule has 3 rings (SSSR count). The monoisotopic (exact) mass is 367 g/mol. The van der Waals surface area contributed by atoms with E-state index in [1.165, 1.54) is 41.7 Å². The minimum Gasteiger partial charge on any atom is -0.322 e. The number of carbonyl (C=O) groups is 1. The first-order valence-electron chi connectivity index (χ1n) is 6.84. The largest absolute Gasteiger partial charge is 0.417 e. The summed E-state index contributed by atoms with van der Waals surface area (Å²) in [6.45, 7) is 0. The van der Waals surface area contributed by atoms with Crippen LogP contribution in [-0.4, -0.2) is 25.7 Å². The SMILES string of the molecule is O=C(Nc1ccc(Cl)c(C(F)(F)F)c1)c1cccnc1-n1cncn1. The second-order valence-electron chi connectivity index (χ2n) is 4.86. The van der Waals surface area contributed by atoms with Crippen LogP contribution >= 0.6 is 11.6 Å². The number of pyridine rings is 1. The lowest BCUT2D eigenvalue weighted by atomic mass is 10.1. The third-order valence-corrected chi connectivity index (χ3v) is 3.53. The molecule has 0 radical (unpaired) electrons. The summed E-state index contributed by atoms with van der Waals surface area (Å²) in [6, 6.07) is 6.12. The molecule has 0 unspecified atom stereocenters. The van der Waals surface area contributed by atoms with Crippen molar-refractivity contribution in [3.8, 4) is 5.82 Å². The highest BCUT2D eigenvalue weighted by molar-refractivity contribution is 6.31. The lowest BCUT2D eigenvalue weighted by Crippen LogP contribution is -2.17. The molecule has 0 aliphatic carbocycles. The maximum Gasteiger partial charge on any atom is 0.417 e. The molecule has 6 nitrogen and oxygen atoms in total. The van der Waals surface area contributed by atoms with Crippen LogP contribution in [0, 0.1) is 0 Å². The van der Waals surface area contributed by atoms with Gasteiger partial charge in [0.05, 0.1) is 16.1 Å². The summed E-state index contributed by atoms with van der Waals surface area (Å²) in [5.41, 5.74) is -0.957. The summed E-state index contributed by atoms with van der Waals surface area (Å²) < 4.78 is 40.0. The molecule has 0 spiro atoms. The molecule has 0 saturated heterocycles. The molecule has 0 atom stereocenters. The third kappa shape index (κ3) is 3.61. The average molecular weight is 368 g/mol. The number of hydrogen-bond acceptors (Lipinski definition) is 4. The number of alkyl halides is 3. The van der Waals surface area contributed by atoms with Gasteiger partial charge in [0, 0.05) is 11.9 Å². The number of aromatic nitrogens is 4. The van der Waals surface area contributed by atoms with E-state index >= 15 is 0 Å². The summed E-state index contributed by atoms with van der Waals surface area (Å²) in [5.74, 6) is -0.448. The van der Waals surface area contributed by atoms with Crippen LogP contribution in [0.2, 0.25) is 5.02 Å². The molecule has 0 aliphatic heterocycles. The van der Waals surface area contributed by atoms with Gasteiger partial charge in [0.25, 0.3) is 5.91 Å². The van der Waals surface area contributed by atoms with Crippen molar-refractivity contribution in [3.63, 3.8) is 0 Å². The Morgan fingerprint density at radius 3 is 2.72 bits per heavy atom. The zero-order valence-electron chi connectivity index (χ0n) is 12.3. The lowest BCUT2D eigenvalue weighted by molar-refractivity contribution is -0.137. The molecule has 128 valence electrons. The van der Waals surface area contributed by atoms with E-state index in [2.05, 4.69) is 20.4 Å². The number of benzene rings is 1. The first kappa shape index (κ1) is 16.9. The molecule has 10 heteroatoms. The highest BCUT2D eigenvalue weighted by atomic mass is 35.5. The number of anilines is 1. The fourth-order valence-electron chi connectivity index (χ4n) is 2.09. The zero-order chi connectivity index (χ0) is 18.0. The average Bonchev–Trinajstić information content (AvgIpc) is 3.10. The van der Waals surface area contributed by atoms with Gasteiger partial charge in [0.1, 0.15) is 12.7 Å². The standard InChI is InChI=1S/C15H9ClF3N5O/c16-12-4-3-9(6-11(12)15(17,18)19)23-14(25)10-2-1-5-21-13(10)24-8-20-7-22-24/h1-8H,(H,23,25). The van der Waals surface area contributed by atoms with Crippen LogP contribution in [0.1, 0.15) is 15.9 Å². The first-order chi connectivity index (χ1) is 11.9. The molecule has 25 heavy (non-hydrogen) atoms. The third-order valence-electron chi connectivity index (χ3n) is 3.20. The van der Waals surface area contributed by atoms with Crippen molar-refractivity contribution in [1.82, 2.24) is 19.7 Å². The number of hydrogen-bond donors (Lipinski definition) is 1. The van der Waals surface area contributed by atoms with E-state index in [4.69, 9.17) is 11.6 Å². The predicted octanol–water partition coefficient (Wildman–Crippen LogP) is 3.59. The van der Waals surface area contributed by atoms with E-state index in [-0.39, 0.29) is 17.1 Å². The topological polar surface area (TPSA) is 72.7 Å². The fourth-order valence-corrected chi connectivity index (χ4v) is 2.32. The van der Waals surface area contributed by atoms with Gasteiger partial charge in [0.2, 0.25) is 0 Å². The highest BCUT2D eigenvalue weighted by Crippen LogP contribution is 2.36. The van der Waals surface area contributed by atoms with E-state index in [1.807, 2.05) is 0 Å². The Kier molecular flexibility index (Phi) is 4.41. The summed E-state index contributed by atoms with van der Waals surface area (Å²) in [7, 11) is 0. The molecule has 0 fully saturated rings. The second kappa shape index (κ2) is 6.52. The molecular weight excluding hydrogens is 359 g/mol. The van der Waals surface area contributed by atoms with Crippen LogP contribution in [0.3, 0.4) is 0 Å². The van der Waals surface area contributed by atoms with Gasteiger partial charge in [-0.1, -0.05) is 11.6 Å². The predicted molar refractivity (Wildman–Crippen MR) is 83.6 cm³/mol. The van der Waals surface area contributed by atoms with Crippen LogP contribution in [-0.2, 0) is 6.18 Å². The van der Waals surface area contributed by atoms with Crippen molar-refractivity contribution in [2.45, 2.75) is 6.18 Å². The van der Waals surface area contributed by atoms with Gasteiger partial charge in [-0.05, 0) is 30.3 Å². The number of carbonyl (C=O) groups excluding carboxylic acids is 1. The van der Waals surface area contributed by atoms with Crippen molar-refractivity contribution in [3.05, 3.63) is 65.3 Å². The van der Waals surface area contributed by atoms with E-state index in [9.17, 15) is 18.0 Å². The molecule has 1 amide bonds. The summed E-state index contributed by atoms with van der Waals surface area (Å²) >= 11 is 5.57. The van der Waals surface area contributed by atoms with Crippen molar-refractivity contribution < 1.29 is 18.0 Å². The minimum atomic E-state index is -4.63. The Morgan fingerprint density at radius 2 is 2.04 bits per heavy atom. The number of nitrogens with zero attached hydrogens (tertiary/aromatic N) is 4. The summed E-state index contributed by atoms with van der Waals surface area (Å²) in [5, 5.41) is 5.84. The van der Waals surface area contributed by atoms with Gasteiger partial charge in [-0.25, -0.2) is 14.6 Å². The van der Waals surface area contributed by atoms with Gasteiger partial charge in [0.15, 0.2) is 5.82 Å². The van der Waals surface area contributed by atoms with Gasteiger partial charge in [-0.2, -0.15) is 18.3 Å². The van der Waals surface area contributed by atoms with Crippen LogP contribution < -0.4 is 5.32 Å². The number of amides is 1. The first-order valence-corrected chi connectivity index (χ1v) is 7.22. The van der Waals surface area contributed by atoms with Gasteiger partial charge >= 0.3 is 6.18 Å². The molecular formula is C15H9ClF3N5O. The van der Waals surface area contributed by atoms with Crippen LogP contribution in [0.4, 0.5) is 18.9 Å². The Balaban J connectivity index is 1.92. The van der Waals surface area contributed by atoms with E-state index < -0.39 is 22.7 Å². The van der Waals surface area contributed by atoms with Crippen LogP contribution in [0.5, 0.6) is 0 Å². The lowest BCUT2D eigenvalue weighted by Gasteiger charge is -2.12. The Morgan fingerprint density at radius 1 is 1.24 bits per heavy atom. The highest BCUT2D eigenvalue weighted by Gasteiger charge is 2.33. The number of rotatable bonds is 3. The molecule has 0 saturated carbocycles. The fraction of sp³-hybridized carbons (Fsp3) is 0.0667. The molecule has 0 bridgehead atoms. The number of halogens is 4. The molecule has 3 aromatic rings. The quantitative estimate of drug-likeness (QED) is 0.768. The van der Waals surface area contributed by atoms with Crippen LogP contribution in [0.15, 0.2) is 49.2 Å². The normalized spacial score (nSPS) is 11.4. The summed E-state index contributed by atoms with van der Waals surface area (Å²) in [4.78, 5) is 20.3. The number of nitrogens with one attached hydrogen (secondary N) is 1. The van der Waals surface area contributed by atoms with E-state index in [0.29, 0.717) is 0 Å². The van der Waals surface area contributed by atoms with Gasteiger partial charge in [-0.15, -0.1) is 0 Å². The van der Waals surface area contributed by atoms with Crippen molar-refractivity contribution in [2.75, 3.05) is 5.32 Å². The molecule has 2 aromatic heterocycles. The smallest absolute Gasteiger partial charge is 0.322 e. The van der Waals surface area contributed by atoms with Crippen molar-refractivity contribution in [1.29, 1.82) is 0 Å². The summed E-state index contributed by atoms with van der Waals surface area (Å²) in [6.07, 6.45) is -0.551. The van der Waals surface area contributed by atoms with E-state index in [1.54, 1.807) is 0 Å². The molecule has 1 N–H and O–H groups in total. The van der Waals surface area contributed by atoms with Crippen molar-refractivity contribution in [2.24, 2.45) is 0 Å². The van der Waals surface area contributed by atoms with Crippen LogP contribution in [0.25, 0.3) is 5.82 Å². The Bertz CT molecular complexity index is 912. The Hall–Kier alpha value is -2.94. The van der Waals surface area contributed by atoms with Gasteiger partial charge in [-0.3, -0.25) is 4.79 Å². The minimum absolute atomic E-state index is 0.0462. The maximum atomic E-state index is 12.9. The Labute approximate surface area is 144 Å².